The van der Waals surface area contributed by atoms with E-state index in [9.17, 15) is 13.2 Å². The van der Waals surface area contributed by atoms with Crippen molar-refractivity contribution in [3.63, 3.8) is 0 Å². The van der Waals surface area contributed by atoms with E-state index in [4.69, 9.17) is 5.11 Å². The van der Waals surface area contributed by atoms with Crippen molar-refractivity contribution in [3.8, 4) is 0 Å². The number of carbonyl (C=O) groups is 1. The summed E-state index contributed by atoms with van der Waals surface area (Å²) in [4.78, 5) is 10.4. The van der Waals surface area contributed by atoms with Crippen LogP contribution in [0.1, 0.15) is 18.9 Å². The first-order valence-electron chi connectivity index (χ1n) is 5.35. The van der Waals surface area contributed by atoms with Gasteiger partial charge in [0.25, 0.3) is 0 Å². The SMILES string of the molecule is CCc1cc(Br)ccc1NS(=O)(=O)CCC(=O)O. The number of halogens is 1. The van der Waals surface area contributed by atoms with E-state index in [0.29, 0.717) is 12.1 Å². The topological polar surface area (TPSA) is 83.5 Å². The third kappa shape index (κ3) is 4.66. The molecule has 0 radical (unpaired) electrons. The molecule has 1 rings (SSSR count). The standard InChI is InChI=1S/C11H14BrNO4S/c1-2-8-7-9(12)3-4-10(8)13-18(16,17)6-5-11(14)15/h3-4,7,13H,2,5-6H2,1H3,(H,14,15). The van der Waals surface area contributed by atoms with Crippen LogP contribution in [0.25, 0.3) is 0 Å². The molecule has 0 heterocycles. The molecule has 0 aliphatic carbocycles. The largest absolute Gasteiger partial charge is 0.481 e. The summed E-state index contributed by atoms with van der Waals surface area (Å²) in [6.07, 6.45) is 0.267. The molecule has 0 fully saturated rings. The van der Waals surface area contributed by atoms with E-state index in [1.807, 2.05) is 13.0 Å². The van der Waals surface area contributed by atoms with Crippen LogP contribution in [0.3, 0.4) is 0 Å². The summed E-state index contributed by atoms with van der Waals surface area (Å²) in [6, 6.07) is 5.21. The highest BCUT2D eigenvalue weighted by Gasteiger charge is 2.14. The molecule has 2 N–H and O–H groups in total. The van der Waals surface area contributed by atoms with Crippen molar-refractivity contribution in [1.29, 1.82) is 0 Å². The first-order chi connectivity index (χ1) is 8.34. The van der Waals surface area contributed by atoms with Crippen LogP contribution in [-0.2, 0) is 21.2 Å². The second kappa shape index (κ2) is 6.19. The molecule has 0 saturated carbocycles. The van der Waals surface area contributed by atoms with E-state index >= 15 is 0 Å². The predicted molar refractivity (Wildman–Crippen MR) is 73.2 cm³/mol. The van der Waals surface area contributed by atoms with Crippen LogP contribution < -0.4 is 4.72 Å². The van der Waals surface area contributed by atoms with Gasteiger partial charge in [0.05, 0.1) is 17.9 Å². The predicted octanol–water partition coefficient (Wildman–Crippen LogP) is 2.23. The average Bonchev–Trinajstić information content (AvgIpc) is 2.29. The number of aliphatic carboxylic acids is 1. The minimum atomic E-state index is -3.62. The Bertz CT molecular complexity index is 542. The van der Waals surface area contributed by atoms with Crippen molar-refractivity contribution in [2.24, 2.45) is 0 Å². The number of aryl methyl sites for hydroxylation is 1. The Morgan fingerprint density at radius 3 is 2.67 bits per heavy atom. The molecule has 0 atom stereocenters. The number of rotatable bonds is 6. The Labute approximate surface area is 114 Å². The van der Waals surface area contributed by atoms with Crippen molar-refractivity contribution in [1.82, 2.24) is 0 Å². The summed E-state index contributed by atoms with van der Waals surface area (Å²) in [5.74, 6) is -1.56. The maximum atomic E-state index is 11.7. The van der Waals surface area contributed by atoms with Gasteiger partial charge in [-0.05, 0) is 30.2 Å². The summed E-state index contributed by atoms with van der Waals surface area (Å²) >= 11 is 3.31. The van der Waals surface area contributed by atoms with Gasteiger partial charge in [0, 0.05) is 4.47 Å². The Balaban J connectivity index is 2.87. The molecule has 0 spiro atoms. The molecule has 0 unspecified atom stereocenters. The summed E-state index contributed by atoms with van der Waals surface area (Å²) in [6.45, 7) is 1.91. The highest BCUT2D eigenvalue weighted by atomic mass is 79.9. The van der Waals surface area contributed by atoms with Gasteiger partial charge in [-0.2, -0.15) is 0 Å². The van der Waals surface area contributed by atoms with Gasteiger partial charge in [-0.25, -0.2) is 8.42 Å². The molecule has 7 heteroatoms. The zero-order valence-electron chi connectivity index (χ0n) is 9.81. The van der Waals surface area contributed by atoms with E-state index < -0.39 is 28.2 Å². The van der Waals surface area contributed by atoms with Gasteiger partial charge in [0.1, 0.15) is 0 Å². The van der Waals surface area contributed by atoms with Crippen LogP contribution in [0.4, 0.5) is 5.69 Å². The molecule has 0 aromatic heterocycles. The fourth-order valence-electron chi connectivity index (χ4n) is 1.39. The number of hydrogen-bond donors (Lipinski definition) is 2. The maximum absolute atomic E-state index is 11.7. The smallest absolute Gasteiger partial charge is 0.304 e. The Kier molecular flexibility index (Phi) is 5.15. The van der Waals surface area contributed by atoms with E-state index in [2.05, 4.69) is 20.7 Å². The van der Waals surface area contributed by atoms with Crippen molar-refractivity contribution in [2.45, 2.75) is 19.8 Å². The van der Waals surface area contributed by atoms with Crippen LogP contribution in [0.5, 0.6) is 0 Å². The van der Waals surface area contributed by atoms with Crippen LogP contribution >= 0.6 is 15.9 Å². The third-order valence-electron chi connectivity index (χ3n) is 2.30. The van der Waals surface area contributed by atoms with Gasteiger partial charge in [-0.15, -0.1) is 0 Å². The third-order valence-corrected chi connectivity index (χ3v) is 4.06. The number of anilines is 1. The van der Waals surface area contributed by atoms with Crippen LogP contribution in [0.15, 0.2) is 22.7 Å². The monoisotopic (exact) mass is 335 g/mol. The zero-order chi connectivity index (χ0) is 13.8. The first-order valence-corrected chi connectivity index (χ1v) is 7.79. The lowest BCUT2D eigenvalue weighted by Crippen LogP contribution is -2.19. The second-order valence-electron chi connectivity index (χ2n) is 3.72. The van der Waals surface area contributed by atoms with E-state index in [0.717, 1.165) is 10.0 Å². The summed E-state index contributed by atoms with van der Waals surface area (Å²) < 4.78 is 26.6. The van der Waals surface area contributed by atoms with Gasteiger partial charge < -0.3 is 5.11 Å². The lowest BCUT2D eigenvalue weighted by molar-refractivity contribution is -0.136. The van der Waals surface area contributed by atoms with Gasteiger partial charge in [-0.1, -0.05) is 22.9 Å². The fourth-order valence-corrected chi connectivity index (χ4v) is 2.88. The van der Waals surface area contributed by atoms with Crippen LogP contribution in [-0.4, -0.2) is 25.2 Å². The van der Waals surface area contributed by atoms with E-state index in [-0.39, 0.29) is 0 Å². The second-order valence-corrected chi connectivity index (χ2v) is 6.48. The van der Waals surface area contributed by atoms with Crippen molar-refractivity contribution in [2.75, 3.05) is 10.5 Å². The maximum Gasteiger partial charge on any atom is 0.304 e. The Morgan fingerprint density at radius 2 is 2.11 bits per heavy atom. The molecule has 18 heavy (non-hydrogen) atoms. The molecular weight excluding hydrogens is 322 g/mol. The molecule has 1 aromatic rings. The number of sulfonamides is 1. The molecule has 0 aliphatic heterocycles. The molecule has 0 saturated heterocycles. The fraction of sp³-hybridized carbons (Fsp3) is 0.364. The lowest BCUT2D eigenvalue weighted by atomic mass is 10.1. The average molecular weight is 336 g/mol. The minimum Gasteiger partial charge on any atom is -0.481 e. The molecule has 5 nitrogen and oxygen atoms in total. The lowest BCUT2D eigenvalue weighted by Gasteiger charge is -2.11. The van der Waals surface area contributed by atoms with E-state index in [1.54, 1.807) is 12.1 Å². The van der Waals surface area contributed by atoms with Gasteiger partial charge in [0.15, 0.2) is 0 Å². The molecule has 0 bridgehead atoms. The van der Waals surface area contributed by atoms with Crippen molar-refractivity contribution < 1.29 is 18.3 Å². The summed E-state index contributed by atoms with van der Waals surface area (Å²) in [7, 11) is -3.62. The van der Waals surface area contributed by atoms with Crippen LogP contribution in [0.2, 0.25) is 0 Å². The molecule has 0 amide bonds. The normalized spacial score (nSPS) is 11.2. The van der Waals surface area contributed by atoms with Crippen LogP contribution in [0, 0.1) is 0 Å². The van der Waals surface area contributed by atoms with Crippen molar-refractivity contribution in [3.05, 3.63) is 28.2 Å². The quantitative estimate of drug-likeness (QED) is 0.834. The first kappa shape index (κ1) is 15.0. The number of carboxylic acids is 1. The number of hydrogen-bond acceptors (Lipinski definition) is 3. The molecule has 100 valence electrons. The summed E-state index contributed by atoms with van der Waals surface area (Å²) in [5, 5.41) is 8.48. The number of nitrogens with one attached hydrogen (secondary N) is 1. The number of benzene rings is 1. The Hall–Kier alpha value is -1.08. The molecule has 1 aromatic carbocycles. The van der Waals surface area contributed by atoms with E-state index in [1.165, 1.54) is 0 Å². The zero-order valence-corrected chi connectivity index (χ0v) is 12.2. The highest BCUT2D eigenvalue weighted by Crippen LogP contribution is 2.22. The minimum absolute atomic E-state index is 0.409. The van der Waals surface area contributed by atoms with Gasteiger partial charge >= 0.3 is 5.97 Å². The molecule has 0 aliphatic rings. The van der Waals surface area contributed by atoms with Crippen molar-refractivity contribution >= 4 is 37.6 Å². The number of carboxylic acid groups (broad SMARTS) is 1. The summed E-state index contributed by atoms with van der Waals surface area (Å²) in [5.41, 5.74) is 1.34. The highest BCUT2D eigenvalue weighted by molar-refractivity contribution is 9.10. The molecular formula is C11H14BrNO4S. The van der Waals surface area contributed by atoms with Gasteiger partial charge in [-0.3, -0.25) is 9.52 Å². The Morgan fingerprint density at radius 1 is 1.44 bits per heavy atom. The van der Waals surface area contributed by atoms with Gasteiger partial charge in [0.2, 0.25) is 10.0 Å².